The summed E-state index contributed by atoms with van der Waals surface area (Å²) in [5, 5.41) is 5.78. The Morgan fingerprint density at radius 3 is 2.55 bits per heavy atom. The van der Waals surface area contributed by atoms with Crippen LogP contribution >= 0.6 is 23.2 Å². The quantitative estimate of drug-likeness (QED) is 0.723. The fourth-order valence-corrected chi connectivity index (χ4v) is 2.67. The van der Waals surface area contributed by atoms with Gasteiger partial charge in [-0.2, -0.15) is 0 Å². The summed E-state index contributed by atoms with van der Waals surface area (Å²) in [5.41, 5.74) is 3.08. The van der Waals surface area contributed by atoms with Crippen LogP contribution in [0.4, 0.5) is 5.69 Å². The van der Waals surface area contributed by atoms with E-state index in [0.717, 1.165) is 22.2 Å². The highest BCUT2D eigenvalue weighted by Crippen LogP contribution is 2.21. The minimum Gasteiger partial charge on any atom is -0.381 e. The van der Waals surface area contributed by atoms with Crippen LogP contribution in [0.3, 0.4) is 0 Å². The molecule has 2 nitrogen and oxygen atoms in total. The molecule has 0 bridgehead atoms. The minimum absolute atomic E-state index is 0.650. The van der Waals surface area contributed by atoms with E-state index in [-0.39, 0.29) is 0 Å². The van der Waals surface area contributed by atoms with Gasteiger partial charge in [-0.05, 0) is 48.0 Å². The van der Waals surface area contributed by atoms with Crippen molar-refractivity contribution >= 4 is 39.8 Å². The van der Waals surface area contributed by atoms with Crippen LogP contribution in [-0.2, 0) is 6.54 Å². The number of hydrogen-bond donors (Lipinski definition) is 1. The summed E-state index contributed by atoms with van der Waals surface area (Å²) >= 11 is 12.0. The zero-order chi connectivity index (χ0) is 13.9. The van der Waals surface area contributed by atoms with Gasteiger partial charge in [-0.25, -0.2) is 0 Å². The molecule has 1 heterocycles. The van der Waals surface area contributed by atoms with Crippen LogP contribution in [0.2, 0.25) is 10.0 Å². The summed E-state index contributed by atoms with van der Waals surface area (Å²) in [4.78, 5) is 4.30. The minimum atomic E-state index is 0.650. The van der Waals surface area contributed by atoms with Crippen LogP contribution in [0.15, 0.2) is 54.7 Å². The number of rotatable bonds is 3. The Kier molecular flexibility index (Phi) is 3.77. The molecule has 0 fully saturated rings. The third-order valence-electron chi connectivity index (χ3n) is 3.02. The molecule has 2 aromatic carbocycles. The van der Waals surface area contributed by atoms with E-state index in [2.05, 4.69) is 16.4 Å². The molecule has 3 rings (SSSR count). The van der Waals surface area contributed by atoms with Gasteiger partial charge in [0, 0.05) is 33.9 Å². The average Bonchev–Trinajstić information content (AvgIpc) is 2.44. The smallest absolute Gasteiger partial charge is 0.0703 e. The summed E-state index contributed by atoms with van der Waals surface area (Å²) in [6.07, 6.45) is 1.80. The second-order valence-electron chi connectivity index (χ2n) is 4.54. The first-order valence-corrected chi connectivity index (χ1v) is 7.00. The van der Waals surface area contributed by atoms with Gasteiger partial charge in [0.25, 0.3) is 0 Å². The molecule has 0 spiro atoms. The van der Waals surface area contributed by atoms with Crippen molar-refractivity contribution in [2.24, 2.45) is 0 Å². The Labute approximate surface area is 127 Å². The van der Waals surface area contributed by atoms with Gasteiger partial charge in [0.15, 0.2) is 0 Å². The number of anilines is 1. The van der Waals surface area contributed by atoms with E-state index in [1.165, 1.54) is 0 Å². The topological polar surface area (TPSA) is 24.9 Å². The van der Waals surface area contributed by atoms with Crippen molar-refractivity contribution in [3.05, 3.63) is 70.3 Å². The Hall–Kier alpha value is -1.77. The molecule has 0 amide bonds. The number of aromatic nitrogens is 1. The van der Waals surface area contributed by atoms with Crippen molar-refractivity contribution in [1.29, 1.82) is 0 Å². The summed E-state index contributed by atoms with van der Waals surface area (Å²) in [7, 11) is 0. The lowest BCUT2D eigenvalue weighted by molar-refractivity contribution is 1.15. The maximum atomic E-state index is 5.99. The SMILES string of the molecule is Clc1cc(Cl)cc(CNc2ccc3ncccc3c2)c1. The van der Waals surface area contributed by atoms with E-state index in [0.29, 0.717) is 16.6 Å². The number of fused-ring (bicyclic) bond motifs is 1. The summed E-state index contributed by atoms with van der Waals surface area (Å²) in [6.45, 7) is 0.673. The molecule has 0 saturated heterocycles. The predicted molar refractivity (Wildman–Crippen MR) is 85.5 cm³/mol. The van der Waals surface area contributed by atoms with Crippen molar-refractivity contribution in [2.75, 3.05) is 5.32 Å². The van der Waals surface area contributed by atoms with Crippen molar-refractivity contribution in [3.63, 3.8) is 0 Å². The number of benzene rings is 2. The molecule has 1 aromatic heterocycles. The fourth-order valence-electron chi connectivity index (χ4n) is 2.10. The van der Waals surface area contributed by atoms with Crippen LogP contribution in [0.5, 0.6) is 0 Å². The highest BCUT2D eigenvalue weighted by Gasteiger charge is 2.00. The third kappa shape index (κ3) is 3.03. The zero-order valence-electron chi connectivity index (χ0n) is 10.6. The average molecular weight is 303 g/mol. The monoisotopic (exact) mass is 302 g/mol. The Bertz CT molecular complexity index is 736. The Morgan fingerprint density at radius 2 is 1.75 bits per heavy atom. The molecule has 0 radical (unpaired) electrons. The molecule has 4 heteroatoms. The first kappa shape index (κ1) is 13.2. The van der Waals surface area contributed by atoms with Crippen LogP contribution in [-0.4, -0.2) is 4.98 Å². The number of halogens is 2. The largest absolute Gasteiger partial charge is 0.381 e. The van der Waals surface area contributed by atoms with Gasteiger partial charge < -0.3 is 5.32 Å². The van der Waals surface area contributed by atoms with Gasteiger partial charge in [0.05, 0.1) is 5.52 Å². The highest BCUT2D eigenvalue weighted by atomic mass is 35.5. The van der Waals surface area contributed by atoms with Gasteiger partial charge in [0.2, 0.25) is 0 Å². The molecule has 0 saturated carbocycles. The molecule has 0 aliphatic carbocycles. The van der Waals surface area contributed by atoms with E-state index in [1.807, 2.05) is 36.4 Å². The molecular weight excluding hydrogens is 291 g/mol. The lowest BCUT2D eigenvalue weighted by atomic mass is 10.2. The summed E-state index contributed by atoms with van der Waals surface area (Å²) in [5.74, 6) is 0. The van der Waals surface area contributed by atoms with Crippen molar-refractivity contribution in [2.45, 2.75) is 6.54 Å². The molecule has 1 N–H and O–H groups in total. The maximum Gasteiger partial charge on any atom is 0.0703 e. The summed E-state index contributed by atoms with van der Waals surface area (Å²) in [6, 6.07) is 15.6. The normalized spacial score (nSPS) is 10.7. The predicted octanol–water partition coefficient (Wildman–Crippen LogP) is 5.15. The number of nitrogens with zero attached hydrogens (tertiary/aromatic N) is 1. The van der Waals surface area contributed by atoms with E-state index in [1.54, 1.807) is 12.3 Å². The van der Waals surface area contributed by atoms with Gasteiger partial charge in [-0.1, -0.05) is 29.3 Å². The molecular formula is C16H12Cl2N2. The standard InChI is InChI=1S/C16H12Cl2N2/c17-13-6-11(7-14(18)9-13)10-20-15-3-4-16-12(8-15)2-1-5-19-16/h1-9,20H,10H2. The zero-order valence-corrected chi connectivity index (χ0v) is 12.1. The van der Waals surface area contributed by atoms with Gasteiger partial charge >= 0.3 is 0 Å². The number of pyridine rings is 1. The van der Waals surface area contributed by atoms with E-state index >= 15 is 0 Å². The summed E-state index contributed by atoms with van der Waals surface area (Å²) < 4.78 is 0. The van der Waals surface area contributed by atoms with Gasteiger partial charge in [-0.15, -0.1) is 0 Å². The van der Waals surface area contributed by atoms with Crippen LogP contribution in [0, 0.1) is 0 Å². The highest BCUT2D eigenvalue weighted by molar-refractivity contribution is 6.34. The van der Waals surface area contributed by atoms with Gasteiger partial charge in [0.1, 0.15) is 0 Å². The molecule has 100 valence electrons. The van der Waals surface area contributed by atoms with Crippen molar-refractivity contribution in [1.82, 2.24) is 4.98 Å². The van der Waals surface area contributed by atoms with E-state index in [4.69, 9.17) is 23.2 Å². The van der Waals surface area contributed by atoms with Crippen LogP contribution in [0.25, 0.3) is 10.9 Å². The molecule has 0 unspecified atom stereocenters. The molecule has 0 aliphatic heterocycles. The van der Waals surface area contributed by atoms with E-state index < -0.39 is 0 Å². The van der Waals surface area contributed by atoms with Gasteiger partial charge in [-0.3, -0.25) is 4.98 Å². The molecule has 3 aromatic rings. The van der Waals surface area contributed by atoms with Crippen LogP contribution in [0.1, 0.15) is 5.56 Å². The number of hydrogen-bond acceptors (Lipinski definition) is 2. The lowest BCUT2D eigenvalue weighted by Gasteiger charge is -2.08. The first-order chi connectivity index (χ1) is 9.70. The fraction of sp³-hybridized carbons (Fsp3) is 0.0625. The second kappa shape index (κ2) is 5.70. The maximum absolute atomic E-state index is 5.99. The first-order valence-electron chi connectivity index (χ1n) is 6.24. The molecule has 0 atom stereocenters. The Balaban J connectivity index is 1.79. The Morgan fingerprint density at radius 1 is 0.950 bits per heavy atom. The molecule has 0 aliphatic rings. The van der Waals surface area contributed by atoms with Crippen LogP contribution < -0.4 is 5.32 Å². The van der Waals surface area contributed by atoms with E-state index in [9.17, 15) is 0 Å². The molecule has 20 heavy (non-hydrogen) atoms. The van der Waals surface area contributed by atoms with Crippen molar-refractivity contribution in [3.8, 4) is 0 Å². The lowest BCUT2D eigenvalue weighted by Crippen LogP contribution is -1.99. The van der Waals surface area contributed by atoms with Crippen molar-refractivity contribution < 1.29 is 0 Å². The third-order valence-corrected chi connectivity index (χ3v) is 3.46. The number of nitrogens with one attached hydrogen (secondary N) is 1. The second-order valence-corrected chi connectivity index (χ2v) is 5.42.